The van der Waals surface area contributed by atoms with Crippen LogP contribution in [0.25, 0.3) is 10.9 Å². The third-order valence-corrected chi connectivity index (χ3v) is 7.85. The van der Waals surface area contributed by atoms with Gasteiger partial charge in [0, 0.05) is 61.4 Å². The Morgan fingerprint density at radius 1 is 0.905 bits per heavy atom. The lowest BCUT2D eigenvalue weighted by molar-refractivity contribution is -0.138. The molecule has 2 atom stereocenters. The molecule has 1 saturated heterocycles. The summed E-state index contributed by atoms with van der Waals surface area (Å²) in [6.45, 7) is 4.54. The first-order chi connectivity index (χ1) is 20.2. The van der Waals surface area contributed by atoms with Crippen molar-refractivity contribution < 1.29 is 22.8 Å². The van der Waals surface area contributed by atoms with E-state index < -0.39 is 29.6 Å². The van der Waals surface area contributed by atoms with E-state index in [1.165, 1.54) is 18.2 Å². The molecule has 220 valence electrons. The van der Waals surface area contributed by atoms with Crippen molar-refractivity contribution in [1.29, 1.82) is 0 Å². The smallest absolute Gasteiger partial charge is 0.369 e. The highest BCUT2D eigenvalue weighted by Gasteiger charge is 2.34. The molecule has 0 radical (unpaired) electrons. The number of amides is 2. The van der Waals surface area contributed by atoms with Crippen molar-refractivity contribution in [2.24, 2.45) is 0 Å². The first-order valence-electron chi connectivity index (χ1n) is 14.0. The summed E-state index contributed by atoms with van der Waals surface area (Å²) < 4.78 is 40.6. The maximum Gasteiger partial charge on any atom is 0.416 e. The molecule has 3 aromatic carbocycles. The Hall–Kier alpha value is -4.31. The van der Waals surface area contributed by atoms with Gasteiger partial charge in [-0.2, -0.15) is 13.2 Å². The molecule has 1 fully saturated rings. The highest BCUT2D eigenvalue weighted by atomic mass is 19.4. The zero-order valence-electron chi connectivity index (χ0n) is 23.3. The summed E-state index contributed by atoms with van der Waals surface area (Å²) in [5.74, 6) is -1.32. The minimum Gasteiger partial charge on any atom is -0.369 e. The summed E-state index contributed by atoms with van der Waals surface area (Å²) in [6, 6.07) is 21.9. The summed E-state index contributed by atoms with van der Waals surface area (Å²) >= 11 is 0. The number of piperazine rings is 1. The van der Waals surface area contributed by atoms with Gasteiger partial charge in [-0.25, -0.2) is 0 Å². The van der Waals surface area contributed by atoms with Crippen LogP contribution in [-0.2, 0) is 22.3 Å². The van der Waals surface area contributed by atoms with Crippen LogP contribution in [0.15, 0.2) is 85.1 Å². The number of H-pyrrole nitrogens is 1. The lowest BCUT2D eigenvalue weighted by atomic mass is 9.92. The van der Waals surface area contributed by atoms with Crippen LogP contribution in [0, 0.1) is 0 Å². The number of aromatic amines is 1. The zero-order chi connectivity index (χ0) is 29.7. The van der Waals surface area contributed by atoms with E-state index in [-0.39, 0.29) is 24.6 Å². The van der Waals surface area contributed by atoms with Gasteiger partial charge in [0.15, 0.2) is 0 Å². The number of halogens is 3. The molecule has 4 aromatic rings. The fraction of sp³-hybridized carbons (Fsp3) is 0.312. The van der Waals surface area contributed by atoms with Crippen LogP contribution in [0.4, 0.5) is 18.9 Å². The van der Waals surface area contributed by atoms with Gasteiger partial charge < -0.3 is 20.5 Å². The quantitative estimate of drug-likeness (QED) is 0.264. The highest BCUT2D eigenvalue weighted by Crippen LogP contribution is 2.32. The molecule has 10 heteroatoms. The van der Waals surface area contributed by atoms with Gasteiger partial charge in [-0.15, -0.1) is 0 Å². The fourth-order valence-corrected chi connectivity index (χ4v) is 5.54. The summed E-state index contributed by atoms with van der Waals surface area (Å²) in [5, 5.41) is 6.46. The van der Waals surface area contributed by atoms with Crippen LogP contribution in [0.2, 0.25) is 0 Å². The molecule has 5 rings (SSSR count). The van der Waals surface area contributed by atoms with Crippen molar-refractivity contribution in [3.63, 3.8) is 0 Å². The molecule has 3 N–H and O–H groups in total. The van der Waals surface area contributed by atoms with Crippen LogP contribution in [-0.4, -0.2) is 60.5 Å². The van der Waals surface area contributed by atoms with E-state index in [1.807, 2.05) is 60.5 Å². The lowest BCUT2D eigenvalue weighted by Gasteiger charge is -2.36. The summed E-state index contributed by atoms with van der Waals surface area (Å²) in [5.41, 5.74) is 2.01. The molecule has 1 aliphatic heterocycles. The van der Waals surface area contributed by atoms with Crippen LogP contribution < -0.4 is 15.5 Å². The zero-order valence-corrected chi connectivity index (χ0v) is 23.3. The van der Waals surface area contributed by atoms with Gasteiger partial charge in [-0.05, 0) is 35.4 Å². The minimum atomic E-state index is -4.54. The maximum atomic E-state index is 13.5. The molecule has 0 saturated carbocycles. The number of nitrogens with one attached hydrogen (secondary N) is 3. The van der Waals surface area contributed by atoms with Crippen LogP contribution in [0.5, 0.6) is 0 Å². The first-order valence-corrected chi connectivity index (χ1v) is 14.0. The van der Waals surface area contributed by atoms with E-state index >= 15 is 0 Å². The maximum absolute atomic E-state index is 13.5. The van der Waals surface area contributed by atoms with Gasteiger partial charge in [0.2, 0.25) is 11.8 Å². The lowest BCUT2D eigenvalue weighted by Crippen LogP contribution is -2.54. The number of carbonyl (C=O) groups is 2. The molecule has 2 heterocycles. The normalized spacial score (nSPS) is 15.8. The molecule has 42 heavy (non-hydrogen) atoms. The number of rotatable bonds is 9. The van der Waals surface area contributed by atoms with Gasteiger partial charge in [-0.3, -0.25) is 14.5 Å². The van der Waals surface area contributed by atoms with E-state index in [4.69, 9.17) is 0 Å². The predicted molar refractivity (Wildman–Crippen MR) is 157 cm³/mol. The van der Waals surface area contributed by atoms with Crippen molar-refractivity contribution in [1.82, 2.24) is 20.5 Å². The number of hydrogen-bond acceptors (Lipinski definition) is 4. The minimum absolute atomic E-state index is 0.0422. The number of nitrogens with zero attached hydrogens (tertiary/aromatic N) is 2. The van der Waals surface area contributed by atoms with Crippen molar-refractivity contribution in [2.45, 2.75) is 31.6 Å². The topological polar surface area (TPSA) is 80.5 Å². The van der Waals surface area contributed by atoms with E-state index in [0.717, 1.165) is 41.3 Å². The Bertz CT molecular complexity index is 1510. The second-order valence-electron chi connectivity index (χ2n) is 10.6. The van der Waals surface area contributed by atoms with Crippen molar-refractivity contribution >= 4 is 28.4 Å². The largest absolute Gasteiger partial charge is 0.416 e. The van der Waals surface area contributed by atoms with Gasteiger partial charge in [0.05, 0.1) is 12.1 Å². The fourth-order valence-electron chi connectivity index (χ4n) is 5.54. The molecule has 0 aliphatic carbocycles. The molecule has 2 unspecified atom stereocenters. The number of hydrogen-bond donors (Lipinski definition) is 3. The van der Waals surface area contributed by atoms with E-state index in [2.05, 4.69) is 32.7 Å². The molecule has 0 spiro atoms. The number of alkyl halides is 3. The Labute approximate surface area is 242 Å². The van der Waals surface area contributed by atoms with Crippen LogP contribution >= 0.6 is 0 Å². The Kier molecular flexibility index (Phi) is 8.82. The molecule has 7 nitrogen and oxygen atoms in total. The second kappa shape index (κ2) is 12.7. The number of carbonyl (C=O) groups excluding carboxylic acids is 2. The number of anilines is 1. The molecular formula is C32H34F3N5O2. The number of fused-ring (bicyclic) bond motifs is 1. The average Bonchev–Trinajstić information content (AvgIpc) is 3.43. The third kappa shape index (κ3) is 6.76. The first kappa shape index (κ1) is 29.2. The third-order valence-electron chi connectivity index (χ3n) is 7.85. The standard InChI is InChI=1S/C32H34F3N5O2/c1-22(26-20-36-28-14-8-6-12-25(26)28)30(31(42)37-19-23-9-5-7-13-27(23)32(33,34)35)38-29(41)21-39-15-17-40(18-16-39)24-10-3-2-4-11-24/h2-14,20,22,30,36H,15-19,21H2,1H3,(H,37,42)(H,38,41). The summed E-state index contributed by atoms with van der Waals surface area (Å²) in [4.78, 5) is 34.3. The van der Waals surface area contributed by atoms with E-state index in [9.17, 15) is 22.8 Å². The van der Waals surface area contributed by atoms with E-state index in [0.29, 0.717) is 13.1 Å². The van der Waals surface area contributed by atoms with Gasteiger partial charge in [-0.1, -0.05) is 61.5 Å². The van der Waals surface area contributed by atoms with Gasteiger partial charge in [0.1, 0.15) is 6.04 Å². The summed E-state index contributed by atoms with van der Waals surface area (Å²) in [7, 11) is 0. The number of para-hydroxylation sites is 2. The number of benzene rings is 3. The molecule has 2 amide bonds. The molecule has 1 aromatic heterocycles. The molecule has 0 bridgehead atoms. The average molecular weight is 578 g/mol. The second-order valence-corrected chi connectivity index (χ2v) is 10.6. The van der Waals surface area contributed by atoms with E-state index in [1.54, 1.807) is 0 Å². The highest BCUT2D eigenvalue weighted by molar-refractivity contribution is 5.91. The SMILES string of the molecule is CC(c1c[nH]c2ccccc12)C(NC(=O)CN1CCN(c2ccccc2)CC1)C(=O)NCc1ccccc1C(F)(F)F. The Morgan fingerprint density at radius 2 is 1.57 bits per heavy atom. The Balaban J connectivity index is 1.29. The Morgan fingerprint density at radius 3 is 2.31 bits per heavy atom. The summed E-state index contributed by atoms with van der Waals surface area (Å²) in [6.07, 6.45) is -2.74. The van der Waals surface area contributed by atoms with Gasteiger partial charge in [0.25, 0.3) is 0 Å². The van der Waals surface area contributed by atoms with Crippen molar-refractivity contribution in [3.05, 3.63) is 102 Å². The van der Waals surface area contributed by atoms with Crippen LogP contribution in [0.1, 0.15) is 29.5 Å². The molecule has 1 aliphatic rings. The van der Waals surface area contributed by atoms with Crippen LogP contribution in [0.3, 0.4) is 0 Å². The van der Waals surface area contributed by atoms with Crippen molar-refractivity contribution in [2.75, 3.05) is 37.6 Å². The van der Waals surface area contributed by atoms with Crippen molar-refractivity contribution in [3.8, 4) is 0 Å². The predicted octanol–water partition coefficient (Wildman–Crippen LogP) is 4.91. The molecular weight excluding hydrogens is 543 g/mol. The van der Waals surface area contributed by atoms with Gasteiger partial charge >= 0.3 is 6.18 Å². The number of aromatic nitrogens is 1. The monoisotopic (exact) mass is 577 g/mol.